The number of imide groups is 1. The monoisotopic (exact) mass is 294 g/mol. The van der Waals surface area contributed by atoms with Crippen LogP contribution in [0, 0.1) is 6.92 Å². The molecule has 0 spiro atoms. The molecule has 1 aromatic rings. The molecule has 3 amide bonds. The van der Waals surface area contributed by atoms with Gasteiger partial charge in [-0.3, -0.25) is 19.7 Å². The van der Waals surface area contributed by atoms with Crippen molar-refractivity contribution in [3.63, 3.8) is 0 Å². The second-order valence-electron chi connectivity index (χ2n) is 4.58. The van der Waals surface area contributed by atoms with E-state index in [2.05, 4.69) is 5.32 Å². The zero-order chi connectivity index (χ0) is 14.9. The van der Waals surface area contributed by atoms with Gasteiger partial charge < -0.3 is 4.90 Å². The number of amides is 3. The van der Waals surface area contributed by atoms with Crippen molar-refractivity contribution in [2.24, 2.45) is 0 Å². The molecule has 2 aliphatic heterocycles. The number of hydrogen-bond acceptors (Lipinski definition) is 4. The van der Waals surface area contributed by atoms with Gasteiger partial charge >= 0.3 is 0 Å². The third-order valence-corrected chi connectivity index (χ3v) is 4.46. The molecule has 3 rings (SSSR count). The molecule has 1 fully saturated rings. The minimum absolute atomic E-state index is 0.0937. The van der Waals surface area contributed by atoms with Crippen molar-refractivity contribution in [3.05, 3.63) is 21.4 Å². The van der Waals surface area contributed by atoms with Crippen molar-refractivity contribution >= 4 is 29.1 Å². The highest BCUT2D eigenvalue weighted by Crippen LogP contribution is 2.32. The summed E-state index contributed by atoms with van der Waals surface area (Å²) in [5, 5.41) is 4.14. The van der Waals surface area contributed by atoms with E-state index in [1.54, 1.807) is 16.2 Å². The van der Waals surface area contributed by atoms with E-state index >= 15 is 0 Å². The molecule has 20 heavy (non-hydrogen) atoms. The Morgan fingerprint density at radius 1 is 1.30 bits per heavy atom. The highest BCUT2D eigenvalue weighted by molar-refractivity contribution is 7.10. The van der Waals surface area contributed by atoms with Crippen LogP contribution in [0.1, 0.15) is 47.5 Å². The Kier molecular flexibility index (Phi) is 4.23. The second-order valence-corrected chi connectivity index (χ2v) is 5.67. The summed E-state index contributed by atoms with van der Waals surface area (Å²) in [6.45, 7) is 6.46. The third kappa shape index (κ3) is 2.35. The lowest BCUT2D eigenvalue weighted by atomic mass is 10.0. The van der Waals surface area contributed by atoms with E-state index in [4.69, 9.17) is 0 Å². The number of rotatable bonds is 1. The van der Waals surface area contributed by atoms with Crippen LogP contribution in [0.4, 0.5) is 0 Å². The Labute approximate surface area is 122 Å². The fourth-order valence-electron chi connectivity index (χ4n) is 2.48. The van der Waals surface area contributed by atoms with Gasteiger partial charge in [0.25, 0.3) is 5.91 Å². The van der Waals surface area contributed by atoms with Gasteiger partial charge in [-0.25, -0.2) is 0 Å². The molecule has 1 saturated heterocycles. The molecule has 0 aromatic carbocycles. The summed E-state index contributed by atoms with van der Waals surface area (Å²) in [5.41, 5.74) is 1.73. The van der Waals surface area contributed by atoms with Crippen LogP contribution < -0.4 is 5.32 Å². The largest absolute Gasteiger partial charge is 0.322 e. The topological polar surface area (TPSA) is 66.5 Å². The molecule has 0 aliphatic carbocycles. The van der Waals surface area contributed by atoms with Gasteiger partial charge in [0.1, 0.15) is 6.04 Å². The molecule has 1 unspecified atom stereocenters. The third-order valence-electron chi connectivity index (χ3n) is 3.51. The van der Waals surface area contributed by atoms with Crippen LogP contribution in [0.5, 0.6) is 0 Å². The molecular formula is C14H18N2O3S. The molecule has 1 aromatic heterocycles. The maximum Gasteiger partial charge on any atom is 0.256 e. The van der Waals surface area contributed by atoms with Crippen LogP contribution in [0.3, 0.4) is 0 Å². The van der Waals surface area contributed by atoms with E-state index in [1.165, 1.54) is 0 Å². The van der Waals surface area contributed by atoms with Crippen LogP contribution in [0.15, 0.2) is 5.38 Å². The van der Waals surface area contributed by atoms with Crippen molar-refractivity contribution in [1.82, 2.24) is 10.2 Å². The molecule has 6 heteroatoms. The second kappa shape index (κ2) is 5.75. The molecule has 3 heterocycles. The van der Waals surface area contributed by atoms with Crippen LogP contribution in [-0.2, 0) is 16.1 Å². The number of fused-ring (bicyclic) bond motifs is 1. The maximum absolute atomic E-state index is 12.2. The highest BCUT2D eigenvalue weighted by atomic mass is 32.1. The van der Waals surface area contributed by atoms with Crippen molar-refractivity contribution < 1.29 is 14.4 Å². The van der Waals surface area contributed by atoms with Gasteiger partial charge in [0.05, 0.1) is 5.56 Å². The number of aryl methyl sites for hydroxylation is 1. The first-order chi connectivity index (χ1) is 9.58. The van der Waals surface area contributed by atoms with Gasteiger partial charge in [-0.15, -0.1) is 11.3 Å². The number of nitrogens with one attached hydrogen (secondary N) is 1. The van der Waals surface area contributed by atoms with Gasteiger partial charge in [0.2, 0.25) is 11.8 Å². The van der Waals surface area contributed by atoms with Crippen molar-refractivity contribution in [2.45, 2.75) is 46.2 Å². The van der Waals surface area contributed by atoms with E-state index in [-0.39, 0.29) is 17.7 Å². The van der Waals surface area contributed by atoms with Gasteiger partial charge in [-0.05, 0) is 18.9 Å². The molecule has 0 radical (unpaired) electrons. The van der Waals surface area contributed by atoms with Crippen molar-refractivity contribution in [3.8, 4) is 0 Å². The molecule has 5 nitrogen and oxygen atoms in total. The van der Waals surface area contributed by atoms with Crippen LogP contribution >= 0.6 is 11.3 Å². The lowest BCUT2D eigenvalue weighted by Gasteiger charge is -2.29. The van der Waals surface area contributed by atoms with Gasteiger partial charge in [0, 0.05) is 23.2 Å². The van der Waals surface area contributed by atoms with E-state index in [1.807, 2.05) is 26.2 Å². The zero-order valence-corrected chi connectivity index (χ0v) is 12.7. The number of hydrogen-bond donors (Lipinski definition) is 1. The standard InChI is InChI=1S/C12H12N2O3S.C2H6/c1-6-7-4-14(12(17)8(7)5-18-6)9-2-3-10(15)13-11(9)16;1-2/h5,9H,2-4H2,1H3,(H,13,15,16);1-2H3. The fraction of sp³-hybridized carbons (Fsp3) is 0.500. The molecule has 1 N–H and O–H groups in total. The van der Waals surface area contributed by atoms with Gasteiger partial charge in [-0.2, -0.15) is 0 Å². The molecule has 108 valence electrons. The number of nitrogens with zero attached hydrogens (tertiary/aromatic N) is 1. The number of carbonyl (C=O) groups is 3. The summed E-state index contributed by atoms with van der Waals surface area (Å²) in [4.78, 5) is 37.8. The minimum Gasteiger partial charge on any atom is -0.322 e. The van der Waals surface area contributed by atoms with Gasteiger partial charge in [0.15, 0.2) is 0 Å². The van der Waals surface area contributed by atoms with E-state index in [0.29, 0.717) is 24.9 Å². The summed E-state index contributed by atoms with van der Waals surface area (Å²) < 4.78 is 0. The predicted octanol–water partition coefficient (Wildman–Crippen LogP) is 1.84. The SMILES string of the molecule is CC.Cc1scc2c1CN(C1CCC(=O)NC1=O)C2=O. The number of thiophene rings is 1. The Hall–Kier alpha value is -1.69. The van der Waals surface area contributed by atoms with Crippen LogP contribution in [0.2, 0.25) is 0 Å². The Morgan fingerprint density at radius 3 is 2.60 bits per heavy atom. The predicted molar refractivity (Wildman–Crippen MR) is 76.4 cm³/mol. The maximum atomic E-state index is 12.2. The summed E-state index contributed by atoms with van der Waals surface area (Å²) in [6, 6.07) is -0.507. The van der Waals surface area contributed by atoms with E-state index < -0.39 is 6.04 Å². The molecule has 1 atom stereocenters. The first kappa shape index (κ1) is 14.7. The summed E-state index contributed by atoms with van der Waals surface area (Å²) >= 11 is 1.56. The smallest absolute Gasteiger partial charge is 0.256 e. The molecule has 2 aliphatic rings. The Morgan fingerprint density at radius 2 is 2.00 bits per heavy atom. The summed E-state index contributed by atoms with van der Waals surface area (Å²) in [7, 11) is 0. The first-order valence-electron chi connectivity index (χ1n) is 6.79. The van der Waals surface area contributed by atoms with E-state index in [9.17, 15) is 14.4 Å². The van der Waals surface area contributed by atoms with Crippen LogP contribution in [-0.4, -0.2) is 28.7 Å². The Balaban J connectivity index is 0.000000704. The van der Waals surface area contributed by atoms with Crippen LogP contribution in [0.25, 0.3) is 0 Å². The summed E-state index contributed by atoms with van der Waals surface area (Å²) in [5.74, 6) is -0.705. The van der Waals surface area contributed by atoms with Crippen molar-refractivity contribution in [1.29, 1.82) is 0 Å². The molecule has 0 bridgehead atoms. The Bertz CT molecular complexity index is 565. The summed E-state index contributed by atoms with van der Waals surface area (Å²) in [6.07, 6.45) is 0.717. The zero-order valence-electron chi connectivity index (χ0n) is 11.9. The van der Waals surface area contributed by atoms with Gasteiger partial charge in [-0.1, -0.05) is 13.8 Å². The van der Waals surface area contributed by atoms with Crippen molar-refractivity contribution in [2.75, 3.05) is 0 Å². The first-order valence-corrected chi connectivity index (χ1v) is 7.67. The average molecular weight is 294 g/mol. The molecular weight excluding hydrogens is 276 g/mol. The fourth-order valence-corrected chi connectivity index (χ4v) is 3.34. The quantitative estimate of drug-likeness (QED) is 0.804. The normalized spacial score (nSPS) is 21.2. The number of carbonyl (C=O) groups excluding carboxylic acids is 3. The average Bonchev–Trinajstić information content (AvgIpc) is 2.95. The minimum atomic E-state index is -0.507. The highest BCUT2D eigenvalue weighted by Gasteiger charge is 2.39. The lowest BCUT2D eigenvalue weighted by molar-refractivity contribution is -0.136. The van der Waals surface area contributed by atoms with E-state index in [0.717, 1.165) is 10.4 Å². The molecule has 0 saturated carbocycles. The number of piperidine rings is 1. The lowest BCUT2D eigenvalue weighted by Crippen LogP contribution is -2.52.